The summed E-state index contributed by atoms with van der Waals surface area (Å²) in [6.07, 6.45) is 1.73. The molecule has 0 aliphatic heterocycles. The van der Waals surface area contributed by atoms with Crippen LogP contribution in [0.25, 0.3) is 0 Å². The minimum absolute atomic E-state index is 0.0249. The van der Waals surface area contributed by atoms with Gasteiger partial charge in [-0.2, -0.15) is 0 Å². The molecule has 2 amide bonds. The van der Waals surface area contributed by atoms with Gasteiger partial charge >= 0.3 is 0 Å². The van der Waals surface area contributed by atoms with Crippen molar-refractivity contribution in [1.29, 1.82) is 0 Å². The zero-order chi connectivity index (χ0) is 26.5. The van der Waals surface area contributed by atoms with Gasteiger partial charge in [0.1, 0.15) is 12.6 Å². The van der Waals surface area contributed by atoms with Crippen LogP contribution >= 0.6 is 34.8 Å². The van der Waals surface area contributed by atoms with Crippen LogP contribution in [0, 0.1) is 6.92 Å². The van der Waals surface area contributed by atoms with E-state index in [1.54, 1.807) is 44.2 Å². The van der Waals surface area contributed by atoms with Gasteiger partial charge in [0, 0.05) is 17.6 Å². The van der Waals surface area contributed by atoms with Gasteiger partial charge in [-0.3, -0.25) is 13.9 Å². The van der Waals surface area contributed by atoms with E-state index >= 15 is 0 Å². The Labute approximate surface area is 222 Å². The highest BCUT2D eigenvalue weighted by molar-refractivity contribution is 7.92. The molecule has 0 unspecified atom stereocenters. The maximum atomic E-state index is 13.5. The van der Waals surface area contributed by atoms with Gasteiger partial charge in [-0.25, -0.2) is 8.42 Å². The smallest absolute Gasteiger partial charge is 0.244 e. The van der Waals surface area contributed by atoms with Gasteiger partial charge < -0.3 is 10.2 Å². The Hall–Kier alpha value is -2.00. The molecule has 0 aliphatic carbocycles. The molecule has 11 heteroatoms. The standard InChI is InChI=1S/C24H30Cl3N3O4S/c1-6-16(3)28-24(32)17(4)29(13-18-8-10-20(25)22(27)11-18)23(31)14-30(35(5,33)34)19-9-7-15(2)21(26)12-19/h7-12,16-17H,6,13-14H2,1-5H3,(H,28,32)/t16-,17+/m0/s1. The molecule has 2 aromatic rings. The quantitative estimate of drug-likeness (QED) is 0.439. The van der Waals surface area contributed by atoms with E-state index in [1.807, 2.05) is 13.8 Å². The van der Waals surface area contributed by atoms with Crippen molar-refractivity contribution < 1.29 is 18.0 Å². The Balaban J connectivity index is 2.43. The summed E-state index contributed by atoms with van der Waals surface area (Å²) in [5.41, 5.74) is 1.66. The van der Waals surface area contributed by atoms with Crippen LogP contribution in [-0.4, -0.2) is 50.0 Å². The highest BCUT2D eigenvalue weighted by atomic mass is 35.5. The lowest BCUT2D eigenvalue weighted by atomic mass is 10.1. The van der Waals surface area contributed by atoms with Crippen LogP contribution in [0.1, 0.15) is 38.3 Å². The molecular formula is C24H30Cl3N3O4S. The number of halogens is 3. The van der Waals surface area contributed by atoms with Crippen LogP contribution in [0.15, 0.2) is 36.4 Å². The third kappa shape index (κ3) is 8.00. The first-order chi connectivity index (χ1) is 16.2. The van der Waals surface area contributed by atoms with Crippen molar-refractivity contribution in [3.63, 3.8) is 0 Å². The molecule has 0 spiro atoms. The van der Waals surface area contributed by atoms with E-state index in [0.717, 1.165) is 22.5 Å². The number of carbonyl (C=O) groups excluding carboxylic acids is 2. The summed E-state index contributed by atoms with van der Waals surface area (Å²) in [7, 11) is -3.84. The zero-order valence-corrected chi connectivity index (χ0v) is 23.4. The van der Waals surface area contributed by atoms with Crippen LogP contribution in [0.3, 0.4) is 0 Å². The molecular weight excluding hydrogens is 533 g/mol. The molecule has 0 saturated carbocycles. The van der Waals surface area contributed by atoms with E-state index in [1.165, 1.54) is 11.0 Å². The fourth-order valence-electron chi connectivity index (χ4n) is 3.23. The monoisotopic (exact) mass is 561 g/mol. The largest absolute Gasteiger partial charge is 0.352 e. The molecule has 35 heavy (non-hydrogen) atoms. The lowest BCUT2D eigenvalue weighted by Crippen LogP contribution is -2.52. The Morgan fingerprint density at radius 3 is 2.20 bits per heavy atom. The second-order valence-corrected chi connectivity index (χ2v) is 11.6. The molecule has 0 aromatic heterocycles. The first-order valence-corrected chi connectivity index (χ1v) is 14.0. The van der Waals surface area contributed by atoms with Gasteiger partial charge in [0.05, 0.1) is 22.0 Å². The van der Waals surface area contributed by atoms with Crippen molar-refractivity contribution in [3.05, 3.63) is 62.6 Å². The summed E-state index contributed by atoms with van der Waals surface area (Å²) < 4.78 is 26.2. The number of sulfonamides is 1. The van der Waals surface area contributed by atoms with Crippen molar-refractivity contribution in [2.75, 3.05) is 17.1 Å². The topological polar surface area (TPSA) is 86.8 Å². The van der Waals surface area contributed by atoms with Crippen LogP contribution in [0.2, 0.25) is 15.1 Å². The van der Waals surface area contributed by atoms with E-state index < -0.39 is 28.5 Å². The number of anilines is 1. The van der Waals surface area contributed by atoms with E-state index in [4.69, 9.17) is 34.8 Å². The third-order valence-corrected chi connectivity index (χ3v) is 7.91. The molecule has 0 fully saturated rings. The number of benzene rings is 2. The molecule has 1 N–H and O–H groups in total. The Morgan fingerprint density at radius 1 is 1.00 bits per heavy atom. The molecule has 7 nitrogen and oxygen atoms in total. The minimum Gasteiger partial charge on any atom is -0.352 e. The van der Waals surface area contributed by atoms with Gasteiger partial charge in [0.15, 0.2) is 0 Å². The SMILES string of the molecule is CC[C@H](C)NC(=O)[C@@H](C)N(Cc1ccc(Cl)c(Cl)c1)C(=O)CN(c1ccc(C)c(Cl)c1)S(C)(=O)=O. The van der Waals surface area contributed by atoms with Crippen molar-refractivity contribution in [1.82, 2.24) is 10.2 Å². The molecule has 2 atom stereocenters. The van der Waals surface area contributed by atoms with Crippen LogP contribution < -0.4 is 9.62 Å². The maximum Gasteiger partial charge on any atom is 0.244 e. The molecule has 2 rings (SSSR count). The lowest BCUT2D eigenvalue weighted by Gasteiger charge is -2.32. The molecule has 192 valence electrons. The Morgan fingerprint density at radius 2 is 1.66 bits per heavy atom. The molecule has 2 aromatic carbocycles. The van der Waals surface area contributed by atoms with Crippen LogP contribution in [-0.2, 0) is 26.2 Å². The number of rotatable bonds is 10. The fourth-order valence-corrected chi connectivity index (χ4v) is 4.57. The van der Waals surface area contributed by atoms with Crippen molar-refractivity contribution >= 4 is 62.3 Å². The number of amides is 2. The number of carbonyl (C=O) groups is 2. The van der Waals surface area contributed by atoms with Gasteiger partial charge in [0.2, 0.25) is 21.8 Å². The van der Waals surface area contributed by atoms with Gasteiger partial charge in [-0.15, -0.1) is 0 Å². The summed E-state index contributed by atoms with van der Waals surface area (Å²) in [6.45, 7) is 6.70. The number of nitrogens with zero attached hydrogens (tertiary/aromatic N) is 2. The highest BCUT2D eigenvalue weighted by Gasteiger charge is 2.30. The third-order valence-electron chi connectivity index (χ3n) is 5.63. The fraction of sp³-hybridized carbons (Fsp3) is 0.417. The summed E-state index contributed by atoms with van der Waals surface area (Å²) in [6, 6.07) is 8.69. The summed E-state index contributed by atoms with van der Waals surface area (Å²) >= 11 is 18.4. The van der Waals surface area contributed by atoms with Crippen LogP contribution in [0.4, 0.5) is 5.69 Å². The van der Waals surface area contributed by atoms with Crippen molar-refractivity contribution in [3.8, 4) is 0 Å². The molecule has 0 radical (unpaired) electrons. The zero-order valence-electron chi connectivity index (χ0n) is 20.3. The predicted molar refractivity (Wildman–Crippen MR) is 143 cm³/mol. The molecule has 0 aliphatic rings. The maximum absolute atomic E-state index is 13.5. The first kappa shape index (κ1) is 29.2. The minimum atomic E-state index is -3.84. The Kier molecular flexibility index (Phi) is 10.3. The summed E-state index contributed by atoms with van der Waals surface area (Å²) in [5.74, 6) is -0.915. The average Bonchev–Trinajstić information content (AvgIpc) is 2.78. The number of nitrogens with one attached hydrogen (secondary N) is 1. The second kappa shape index (κ2) is 12.3. The summed E-state index contributed by atoms with van der Waals surface area (Å²) in [5, 5.41) is 3.91. The summed E-state index contributed by atoms with van der Waals surface area (Å²) in [4.78, 5) is 27.8. The predicted octanol–water partition coefficient (Wildman–Crippen LogP) is 5.05. The van der Waals surface area contributed by atoms with Crippen molar-refractivity contribution in [2.45, 2.75) is 52.7 Å². The van der Waals surface area contributed by atoms with Gasteiger partial charge in [0.25, 0.3) is 0 Å². The highest BCUT2D eigenvalue weighted by Crippen LogP contribution is 2.26. The van der Waals surface area contributed by atoms with Crippen LogP contribution in [0.5, 0.6) is 0 Å². The van der Waals surface area contributed by atoms with E-state index in [-0.39, 0.29) is 24.2 Å². The number of hydrogen-bond donors (Lipinski definition) is 1. The van der Waals surface area contributed by atoms with Crippen molar-refractivity contribution in [2.24, 2.45) is 0 Å². The van der Waals surface area contributed by atoms with Gasteiger partial charge in [-0.05, 0) is 62.6 Å². The van der Waals surface area contributed by atoms with Gasteiger partial charge in [-0.1, -0.05) is 53.9 Å². The molecule has 0 saturated heterocycles. The number of aryl methyl sites for hydroxylation is 1. The van der Waals surface area contributed by atoms with E-state index in [0.29, 0.717) is 20.6 Å². The number of hydrogen-bond acceptors (Lipinski definition) is 4. The van der Waals surface area contributed by atoms with E-state index in [9.17, 15) is 18.0 Å². The lowest BCUT2D eigenvalue weighted by molar-refractivity contribution is -0.139. The average molecular weight is 563 g/mol. The van der Waals surface area contributed by atoms with E-state index in [2.05, 4.69) is 5.32 Å². The second-order valence-electron chi connectivity index (χ2n) is 8.47. The molecule has 0 heterocycles. The normalized spacial score (nSPS) is 13.1. The Bertz CT molecular complexity index is 1190. The molecule has 0 bridgehead atoms. The first-order valence-electron chi connectivity index (χ1n) is 11.0.